The third-order valence-corrected chi connectivity index (χ3v) is 3.93. The molecule has 0 fully saturated rings. The smallest absolute Gasteiger partial charge is 0.261 e. The van der Waals surface area contributed by atoms with Crippen molar-refractivity contribution in [3.05, 3.63) is 71.3 Å². The van der Waals surface area contributed by atoms with Gasteiger partial charge in [-0.3, -0.25) is 9.59 Å². The summed E-state index contributed by atoms with van der Waals surface area (Å²) in [5, 5.41) is 14.7. The van der Waals surface area contributed by atoms with Crippen LogP contribution in [0.2, 0.25) is 0 Å². The zero-order valence-corrected chi connectivity index (χ0v) is 16.6. The van der Waals surface area contributed by atoms with Crippen LogP contribution in [0.5, 0.6) is 5.75 Å². The highest BCUT2D eigenvalue weighted by molar-refractivity contribution is 6.01. The van der Waals surface area contributed by atoms with Crippen molar-refractivity contribution in [3.63, 3.8) is 0 Å². The molecule has 2 amide bonds. The van der Waals surface area contributed by atoms with Crippen LogP contribution >= 0.6 is 0 Å². The van der Waals surface area contributed by atoms with Crippen LogP contribution < -0.4 is 15.4 Å². The average Bonchev–Trinajstić information content (AvgIpc) is 2.74. The number of carbonyl (C=O) groups excluding carboxylic acids is 2. The molecule has 0 aliphatic rings. The minimum atomic E-state index is -0.392. The van der Waals surface area contributed by atoms with Gasteiger partial charge in [-0.2, -0.15) is 5.26 Å². The Labute approximate surface area is 171 Å². The molecule has 0 spiro atoms. The summed E-state index contributed by atoms with van der Waals surface area (Å²) < 4.78 is 5.48. The fraction of sp³-hybridized carbons (Fsp3) is 0.261. The number of nitrogens with zero attached hydrogens (tertiary/aromatic N) is 1. The number of carbonyl (C=O) groups is 2. The lowest BCUT2D eigenvalue weighted by Crippen LogP contribution is -2.28. The van der Waals surface area contributed by atoms with Crippen molar-refractivity contribution in [2.75, 3.05) is 13.2 Å². The van der Waals surface area contributed by atoms with E-state index in [-0.39, 0.29) is 18.1 Å². The predicted molar refractivity (Wildman–Crippen MR) is 112 cm³/mol. The van der Waals surface area contributed by atoms with Gasteiger partial charge in [0.1, 0.15) is 17.4 Å². The SMILES string of the molecule is CC(C)CNC(=O)/C(C#N)=C/c1ccc(OCC(=O)NCc2ccccc2)cc1. The van der Waals surface area contributed by atoms with Crippen LogP contribution in [0.4, 0.5) is 0 Å². The van der Waals surface area contributed by atoms with Crippen LogP contribution in [-0.4, -0.2) is 25.0 Å². The van der Waals surface area contributed by atoms with E-state index in [2.05, 4.69) is 10.6 Å². The number of nitrogens with one attached hydrogen (secondary N) is 2. The van der Waals surface area contributed by atoms with Gasteiger partial charge >= 0.3 is 0 Å². The standard InChI is InChI=1S/C23H25N3O3/c1-17(2)14-26-23(28)20(13-24)12-18-8-10-21(11-9-18)29-16-22(27)25-15-19-6-4-3-5-7-19/h3-12,17H,14-16H2,1-2H3,(H,25,27)(H,26,28)/b20-12+. The summed E-state index contributed by atoms with van der Waals surface area (Å²) in [7, 11) is 0. The van der Waals surface area contributed by atoms with E-state index in [1.165, 1.54) is 6.08 Å². The van der Waals surface area contributed by atoms with Gasteiger partial charge in [-0.25, -0.2) is 0 Å². The van der Waals surface area contributed by atoms with Gasteiger partial charge in [0.25, 0.3) is 11.8 Å². The molecule has 0 saturated carbocycles. The predicted octanol–water partition coefficient (Wildman–Crippen LogP) is 3.06. The number of nitriles is 1. The Kier molecular flexibility index (Phi) is 8.46. The molecule has 6 heteroatoms. The fourth-order valence-electron chi connectivity index (χ4n) is 2.36. The third-order valence-electron chi connectivity index (χ3n) is 3.93. The first kappa shape index (κ1) is 21.7. The van der Waals surface area contributed by atoms with Crippen LogP contribution in [-0.2, 0) is 16.1 Å². The molecule has 0 unspecified atom stereocenters. The molecule has 29 heavy (non-hydrogen) atoms. The molecule has 0 aromatic heterocycles. The number of rotatable bonds is 9. The van der Waals surface area contributed by atoms with Crippen LogP contribution in [0.3, 0.4) is 0 Å². The summed E-state index contributed by atoms with van der Waals surface area (Å²) in [5.41, 5.74) is 1.75. The summed E-state index contributed by atoms with van der Waals surface area (Å²) >= 11 is 0. The summed E-state index contributed by atoms with van der Waals surface area (Å²) in [5.74, 6) is 0.225. The lowest BCUT2D eigenvalue weighted by Gasteiger charge is -2.08. The lowest BCUT2D eigenvalue weighted by molar-refractivity contribution is -0.123. The molecule has 0 saturated heterocycles. The molecule has 0 aliphatic heterocycles. The zero-order chi connectivity index (χ0) is 21.1. The van der Waals surface area contributed by atoms with Crippen molar-refractivity contribution < 1.29 is 14.3 Å². The molecule has 0 radical (unpaired) electrons. The monoisotopic (exact) mass is 391 g/mol. The summed E-state index contributed by atoms with van der Waals surface area (Å²) in [4.78, 5) is 23.9. The Balaban J connectivity index is 1.85. The van der Waals surface area contributed by atoms with Crippen molar-refractivity contribution in [3.8, 4) is 11.8 Å². The number of ether oxygens (including phenoxy) is 1. The second kappa shape index (κ2) is 11.3. The summed E-state index contributed by atoms with van der Waals surface area (Å²) in [6, 6.07) is 18.4. The quantitative estimate of drug-likeness (QED) is 0.508. The second-order valence-electron chi connectivity index (χ2n) is 6.89. The van der Waals surface area contributed by atoms with Crippen molar-refractivity contribution in [1.82, 2.24) is 10.6 Å². The van der Waals surface area contributed by atoms with Gasteiger partial charge in [-0.05, 0) is 35.3 Å². The number of hydrogen-bond acceptors (Lipinski definition) is 4. The molecule has 2 aromatic carbocycles. The van der Waals surface area contributed by atoms with Crippen molar-refractivity contribution >= 4 is 17.9 Å². The van der Waals surface area contributed by atoms with Gasteiger partial charge in [-0.15, -0.1) is 0 Å². The first-order chi connectivity index (χ1) is 14.0. The van der Waals surface area contributed by atoms with E-state index < -0.39 is 5.91 Å². The number of amides is 2. The van der Waals surface area contributed by atoms with Gasteiger partial charge in [0.2, 0.25) is 0 Å². The third kappa shape index (κ3) is 7.89. The Morgan fingerprint density at radius 1 is 1.07 bits per heavy atom. The Hall–Kier alpha value is -3.59. The molecule has 2 rings (SSSR count). The minimum Gasteiger partial charge on any atom is -0.484 e. The largest absolute Gasteiger partial charge is 0.484 e. The molecule has 150 valence electrons. The van der Waals surface area contributed by atoms with Crippen LogP contribution in [0.25, 0.3) is 6.08 Å². The molecule has 2 aromatic rings. The van der Waals surface area contributed by atoms with Gasteiger partial charge in [0.15, 0.2) is 6.61 Å². The maximum atomic E-state index is 12.0. The van der Waals surface area contributed by atoms with Crippen LogP contribution in [0.15, 0.2) is 60.2 Å². The van der Waals surface area contributed by atoms with Gasteiger partial charge < -0.3 is 15.4 Å². The van der Waals surface area contributed by atoms with Crippen molar-refractivity contribution in [1.29, 1.82) is 5.26 Å². The number of benzene rings is 2. The molecular weight excluding hydrogens is 366 g/mol. The molecule has 0 heterocycles. The summed E-state index contributed by atoms with van der Waals surface area (Å²) in [6.45, 7) is 4.83. The highest BCUT2D eigenvalue weighted by atomic mass is 16.5. The Morgan fingerprint density at radius 2 is 1.76 bits per heavy atom. The highest BCUT2D eigenvalue weighted by Crippen LogP contribution is 2.14. The molecule has 2 N–H and O–H groups in total. The minimum absolute atomic E-state index is 0.0413. The highest BCUT2D eigenvalue weighted by Gasteiger charge is 2.09. The van der Waals surface area contributed by atoms with Gasteiger partial charge in [0.05, 0.1) is 0 Å². The average molecular weight is 391 g/mol. The summed E-state index contributed by atoms with van der Waals surface area (Å²) in [6.07, 6.45) is 1.52. The van der Waals surface area contributed by atoms with E-state index in [0.29, 0.717) is 30.3 Å². The topological polar surface area (TPSA) is 91.2 Å². The first-order valence-corrected chi connectivity index (χ1v) is 9.41. The van der Waals surface area contributed by atoms with E-state index in [1.54, 1.807) is 24.3 Å². The molecule has 0 aliphatic carbocycles. The maximum absolute atomic E-state index is 12.0. The molecule has 0 atom stereocenters. The van der Waals surface area contributed by atoms with E-state index >= 15 is 0 Å². The normalized spacial score (nSPS) is 10.9. The van der Waals surface area contributed by atoms with Gasteiger partial charge in [0, 0.05) is 13.1 Å². The molecular formula is C23H25N3O3. The second-order valence-corrected chi connectivity index (χ2v) is 6.89. The van der Waals surface area contributed by atoms with Crippen molar-refractivity contribution in [2.24, 2.45) is 5.92 Å². The fourth-order valence-corrected chi connectivity index (χ4v) is 2.36. The van der Waals surface area contributed by atoms with Crippen molar-refractivity contribution in [2.45, 2.75) is 20.4 Å². The number of hydrogen-bond donors (Lipinski definition) is 2. The van der Waals surface area contributed by atoms with Gasteiger partial charge in [-0.1, -0.05) is 56.3 Å². The zero-order valence-electron chi connectivity index (χ0n) is 16.6. The van der Waals surface area contributed by atoms with Crippen LogP contribution in [0.1, 0.15) is 25.0 Å². The maximum Gasteiger partial charge on any atom is 0.261 e. The van der Waals surface area contributed by atoms with E-state index in [9.17, 15) is 14.9 Å². The lowest BCUT2D eigenvalue weighted by atomic mass is 10.1. The molecule has 6 nitrogen and oxygen atoms in total. The van der Waals surface area contributed by atoms with E-state index in [4.69, 9.17) is 4.74 Å². The van der Waals surface area contributed by atoms with E-state index in [1.807, 2.05) is 50.2 Å². The first-order valence-electron chi connectivity index (χ1n) is 9.41. The van der Waals surface area contributed by atoms with E-state index in [0.717, 1.165) is 5.56 Å². The molecule has 0 bridgehead atoms. The van der Waals surface area contributed by atoms with Crippen LogP contribution in [0, 0.1) is 17.2 Å². The Bertz CT molecular complexity index is 882. The Morgan fingerprint density at radius 3 is 2.38 bits per heavy atom.